The van der Waals surface area contributed by atoms with Gasteiger partial charge in [-0.2, -0.15) is 13.2 Å². The van der Waals surface area contributed by atoms with E-state index in [1.54, 1.807) is 0 Å². The first-order valence-corrected chi connectivity index (χ1v) is 4.50. The van der Waals surface area contributed by atoms with Crippen LogP contribution >= 0.6 is 0 Å². The predicted octanol–water partition coefficient (Wildman–Crippen LogP) is 0.805. The molecule has 0 radical (unpaired) electrons. The first-order valence-electron chi connectivity index (χ1n) is 4.50. The second-order valence-corrected chi connectivity index (χ2v) is 3.55. The van der Waals surface area contributed by atoms with Gasteiger partial charge < -0.3 is 10.6 Å². The fourth-order valence-electron chi connectivity index (χ4n) is 1.53. The van der Waals surface area contributed by atoms with E-state index in [4.69, 9.17) is 0 Å². The molecule has 0 aromatic rings. The molecular formula is C8H13F3N2O. The van der Waals surface area contributed by atoms with Crippen LogP contribution in [-0.4, -0.2) is 30.7 Å². The maximum Gasteiger partial charge on any atom is 0.471 e. The van der Waals surface area contributed by atoms with Crippen molar-refractivity contribution in [1.29, 1.82) is 0 Å². The van der Waals surface area contributed by atoms with Crippen molar-refractivity contribution >= 4 is 5.91 Å². The van der Waals surface area contributed by atoms with Crippen LogP contribution in [0.3, 0.4) is 0 Å². The molecule has 0 saturated carbocycles. The number of halogens is 3. The lowest BCUT2D eigenvalue weighted by Gasteiger charge is -2.28. The van der Waals surface area contributed by atoms with Gasteiger partial charge >= 0.3 is 12.1 Å². The second kappa shape index (κ2) is 4.16. The molecule has 0 bridgehead atoms. The Morgan fingerprint density at radius 1 is 1.50 bits per heavy atom. The summed E-state index contributed by atoms with van der Waals surface area (Å²) in [7, 11) is 0. The zero-order valence-electron chi connectivity index (χ0n) is 7.82. The summed E-state index contributed by atoms with van der Waals surface area (Å²) in [6.45, 7) is 2.52. The largest absolute Gasteiger partial charge is 0.471 e. The van der Waals surface area contributed by atoms with E-state index in [0.29, 0.717) is 19.4 Å². The Balaban J connectivity index is 2.40. The van der Waals surface area contributed by atoms with Crippen molar-refractivity contribution in [2.45, 2.75) is 38.0 Å². The monoisotopic (exact) mass is 210 g/mol. The fraction of sp³-hybridized carbons (Fsp3) is 0.875. The lowest BCUT2D eigenvalue weighted by atomic mass is 10.0. The van der Waals surface area contributed by atoms with E-state index in [2.05, 4.69) is 5.32 Å². The van der Waals surface area contributed by atoms with Crippen LogP contribution in [0.1, 0.15) is 19.8 Å². The number of piperidine rings is 1. The van der Waals surface area contributed by atoms with Gasteiger partial charge in [0.25, 0.3) is 0 Å². The zero-order chi connectivity index (χ0) is 10.8. The number of carbonyl (C=O) groups excluding carboxylic acids is 1. The number of carbonyl (C=O) groups is 1. The average molecular weight is 210 g/mol. The van der Waals surface area contributed by atoms with Gasteiger partial charge in [0.05, 0.1) is 0 Å². The van der Waals surface area contributed by atoms with Crippen LogP contribution in [0.15, 0.2) is 0 Å². The molecule has 6 heteroatoms. The fourth-order valence-corrected chi connectivity index (χ4v) is 1.53. The van der Waals surface area contributed by atoms with Crippen molar-refractivity contribution in [2.75, 3.05) is 6.54 Å². The van der Waals surface area contributed by atoms with Gasteiger partial charge in [0.15, 0.2) is 0 Å². The summed E-state index contributed by atoms with van der Waals surface area (Å²) in [5, 5.41) is 5.08. The van der Waals surface area contributed by atoms with Crippen molar-refractivity contribution in [3.05, 3.63) is 0 Å². The molecule has 1 saturated heterocycles. The summed E-state index contributed by atoms with van der Waals surface area (Å²) >= 11 is 0. The molecule has 3 nitrogen and oxygen atoms in total. The molecule has 0 aromatic carbocycles. The van der Waals surface area contributed by atoms with Gasteiger partial charge in [0, 0.05) is 12.1 Å². The minimum Gasteiger partial charge on any atom is -0.345 e. The Bertz CT molecular complexity index is 217. The van der Waals surface area contributed by atoms with Gasteiger partial charge in [-0.15, -0.1) is 0 Å². The molecule has 2 atom stereocenters. The summed E-state index contributed by atoms with van der Waals surface area (Å²) in [5.74, 6) is -1.84. The summed E-state index contributed by atoms with van der Waals surface area (Å²) < 4.78 is 35.6. The molecule has 82 valence electrons. The van der Waals surface area contributed by atoms with Gasteiger partial charge in [-0.05, 0) is 26.3 Å². The van der Waals surface area contributed by atoms with Crippen LogP contribution < -0.4 is 10.6 Å². The Morgan fingerprint density at radius 2 is 2.14 bits per heavy atom. The molecule has 1 heterocycles. The first kappa shape index (κ1) is 11.3. The standard InChI is InChI=1S/C8H13F3N2O/c1-5-4-6(2-3-12-5)13-7(14)8(9,10)11/h5-6,12H,2-4H2,1H3,(H,13,14)/t5-,6+/m0/s1. The molecular weight excluding hydrogens is 197 g/mol. The predicted molar refractivity (Wildman–Crippen MR) is 44.7 cm³/mol. The summed E-state index contributed by atoms with van der Waals surface area (Å²) in [6, 6.07) is -0.206. The highest BCUT2D eigenvalue weighted by Crippen LogP contribution is 2.16. The van der Waals surface area contributed by atoms with Crippen LogP contribution in [0.2, 0.25) is 0 Å². The number of amides is 1. The van der Waals surface area contributed by atoms with E-state index in [9.17, 15) is 18.0 Å². The SMILES string of the molecule is C[C@H]1C[C@H](NC(=O)C(F)(F)F)CCN1. The average Bonchev–Trinajstić information content (AvgIpc) is 2.02. The molecule has 1 amide bonds. The van der Waals surface area contributed by atoms with E-state index in [0.717, 1.165) is 0 Å². The van der Waals surface area contributed by atoms with Crippen molar-refractivity contribution in [1.82, 2.24) is 10.6 Å². The lowest BCUT2D eigenvalue weighted by molar-refractivity contribution is -0.174. The number of alkyl halides is 3. The third-order valence-electron chi connectivity index (χ3n) is 2.22. The number of hydrogen-bond acceptors (Lipinski definition) is 2. The summed E-state index contributed by atoms with van der Waals surface area (Å²) in [5.41, 5.74) is 0. The molecule has 1 aliphatic heterocycles. The number of nitrogens with one attached hydrogen (secondary N) is 2. The van der Waals surface area contributed by atoms with E-state index in [1.165, 1.54) is 0 Å². The van der Waals surface area contributed by atoms with E-state index >= 15 is 0 Å². The molecule has 0 spiro atoms. The molecule has 0 aromatic heterocycles. The van der Waals surface area contributed by atoms with Crippen LogP contribution in [0.4, 0.5) is 13.2 Å². The van der Waals surface area contributed by atoms with Crippen molar-refractivity contribution in [2.24, 2.45) is 0 Å². The molecule has 1 fully saturated rings. The van der Waals surface area contributed by atoms with Gasteiger partial charge in [-0.25, -0.2) is 0 Å². The van der Waals surface area contributed by atoms with E-state index in [-0.39, 0.29) is 12.1 Å². The normalized spacial score (nSPS) is 28.6. The van der Waals surface area contributed by atoms with E-state index < -0.39 is 12.1 Å². The van der Waals surface area contributed by atoms with Crippen molar-refractivity contribution in [3.8, 4) is 0 Å². The third kappa shape index (κ3) is 3.17. The molecule has 0 unspecified atom stereocenters. The molecule has 1 aliphatic rings. The molecule has 1 rings (SSSR count). The Hall–Kier alpha value is -0.780. The van der Waals surface area contributed by atoms with Gasteiger partial charge in [-0.1, -0.05) is 0 Å². The maximum absolute atomic E-state index is 11.9. The van der Waals surface area contributed by atoms with Crippen LogP contribution in [-0.2, 0) is 4.79 Å². The van der Waals surface area contributed by atoms with Crippen molar-refractivity contribution in [3.63, 3.8) is 0 Å². The number of rotatable bonds is 1. The number of hydrogen-bond donors (Lipinski definition) is 2. The third-order valence-corrected chi connectivity index (χ3v) is 2.22. The highest BCUT2D eigenvalue weighted by atomic mass is 19.4. The minimum absolute atomic E-state index is 0.155. The summed E-state index contributed by atoms with van der Waals surface area (Å²) in [6.07, 6.45) is -3.68. The van der Waals surface area contributed by atoms with E-state index in [1.807, 2.05) is 12.2 Å². The van der Waals surface area contributed by atoms with Gasteiger partial charge in [-0.3, -0.25) is 4.79 Å². The quantitative estimate of drug-likeness (QED) is 0.672. The Kier molecular flexibility index (Phi) is 3.36. The molecule has 14 heavy (non-hydrogen) atoms. The van der Waals surface area contributed by atoms with Gasteiger partial charge in [0.2, 0.25) is 0 Å². The van der Waals surface area contributed by atoms with Crippen LogP contribution in [0.25, 0.3) is 0 Å². The topological polar surface area (TPSA) is 41.1 Å². The molecule has 2 N–H and O–H groups in total. The lowest BCUT2D eigenvalue weighted by Crippen LogP contribution is -2.49. The summed E-state index contributed by atoms with van der Waals surface area (Å²) in [4.78, 5) is 10.6. The van der Waals surface area contributed by atoms with Crippen LogP contribution in [0, 0.1) is 0 Å². The van der Waals surface area contributed by atoms with Crippen LogP contribution in [0.5, 0.6) is 0 Å². The smallest absolute Gasteiger partial charge is 0.345 e. The highest BCUT2D eigenvalue weighted by Gasteiger charge is 2.40. The molecule has 0 aliphatic carbocycles. The Labute approximate surface area is 80.0 Å². The second-order valence-electron chi connectivity index (χ2n) is 3.55. The minimum atomic E-state index is -4.77. The van der Waals surface area contributed by atoms with Gasteiger partial charge in [0.1, 0.15) is 0 Å². The first-order chi connectivity index (χ1) is 6.39. The highest BCUT2D eigenvalue weighted by molar-refractivity contribution is 5.81. The zero-order valence-corrected chi connectivity index (χ0v) is 7.82. The maximum atomic E-state index is 11.9. The Morgan fingerprint density at radius 3 is 2.64 bits per heavy atom. The van der Waals surface area contributed by atoms with Crippen molar-refractivity contribution < 1.29 is 18.0 Å².